The molecule has 36 heavy (non-hydrogen) atoms. The van der Waals surface area contributed by atoms with Crippen LogP contribution >= 0.6 is 0 Å². The smallest absolute Gasteiger partial charge is 0.271 e. The predicted octanol–water partition coefficient (Wildman–Crippen LogP) is 2.34. The molecule has 3 heterocycles. The Balaban J connectivity index is 1.20. The van der Waals surface area contributed by atoms with Crippen LogP contribution in [0.4, 0.5) is 4.39 Å². The number of benzene rings is 2. The minimum atomic E-state index is -0.472. The van der Waals surface area contributed by atoms with Crippen molar-refractivity contribution in [3.8, 4) is 17.3 Å². The van der Waals surface area contributed by atoms with E-state index in [2.05, 4.69) is 25.7 Å². The highest BCUT2D eigenvalue weighted by atomic mass is 19.1. The third-order valence-corrected chi connectivity index (χ3v) is 5.23. The molecule has 0 aliphatic rings. The summed E-state index contributed by atoms with van der Waals surface area (Å²) in [5.41, 5.74) is 1.66. The predicted molar refractivity (Wildman–Crippen MR) is 128 cm³/mol. The maximum absolute atomic E-state index is 13.4. The fraction of sp³-hybridized carbons (Fsp3) is 0.120. The molecule has 0 saturated carbocycles. The summed E-state index contributed by atoms with van der Waals surface area (Å²) in [7, 11) is 0. The molecule has 1 N–H and O–H groups in total. The molecular weight excluding hydrogens is 465 g/mol. The van der Waals surface area contributed by atoms with Crippen molar-refractivity contribution >= 4 is 11.6 Å². The van der Waals surface area contributed by atoms with Gasteiger partial charge in [0.25, 0.3) is 11.5 Å². The molecule has 0 bridgehead atoms. The van der Waals surface area contributed by atoms with Crippen LogP contribution in [0.1, 0.15) is 16.1 Å². The number of carbonyl (C=O) groups is 1. The van der Waals surface area contributed by atoms with Crippen LogP contribution in [0.5, 0.6) is 5.88 Å². The second kappa shape index (κ2) is 10.1. The topological polar surface area (TPSA) is 116 Å². The zero-order valence-electron chi connectivity index (χ0n) is 18.9. The SMILES string of the molecule is O=C(NCCOc1ccc2nnc(-c3ccccc3)n2n1)c1ccc(=O)n(Cc2cccc(F)c2)n1. The van der Waals surface area contributed by atoms with Crippen molar-refractivity contribution in [1.82, 2.24) is 34.9 Å². The molecule has 10 nitrogen and oxygen atoms in total. The van der Waals surface area contributed by atoms with Crippen LogP contribution in [0.15, 0.2) is 83.7 Å². The van der Waals surface area contributed by atoms with Crippen molar-refractivity contribution in [3.05, 3.63) is 106 Å². The van der Waals surface area contributed by atoms with E-state index in [1.165, 1.54) is 24.3 Å². The quantitative estimate of drug-likeness (QED) is 0.335. The lowest BCUT2D eigenvalue weighted by Crippen LogP contribution is -2.32. The Morgan fingerprint density at radius 3 is 2.64 bits per heavy atom. The van der Waals surface area contributed by atoms with E-state index < -0.39 is 17.3 Å². The third kappa shape index (κ3) is 5.09. The lowest BCUT2D eigenvalue weighted by molar-refractivity contribution is 0.0939. The summed E-state index contributed by atoms with van der Waals surface area (Å²) in [4.78, 5) is 24.7. The van der Waals surface area contributed by atoms with E-state index in [-0.39, 0.29) is 25.4 Å². The van der Waals surface area contributed by atoms with Gasteiger partial charge in [0.05, 0.1) is 13.1 Å². The highest BCUT2D eigenvalue weighted by Crippen LogP contribution is 2.18. The summed E-state index contributed by atoms with van der Waals surface area (Å²) < 4.78 is 21.8. The Hall–Kier alpha value is -4.93. The highest BCUT2D eigenvalue weighted by Gasteiger charge is 2.12. The van der Waals surface area contributed by atoms with Crippen LogP contribution in [0, 0.1) is 5.82 Å². The van der Waals surface area contributed by atoms with Gasteiger partial charge >= 0.3 is 0 Å². The number of carbonyl (C=O) groups excluding carboxylic acids is 1. The molecule has 0 fully saturated rings. The molecular formula is C25H20FN7O3. The highest BCUT2D eigenvalue weighted by molar-refractivity contribution is 5.91. The zero-order chi connectivity index (χ0) is 24.9. The average molecular weight is 485 g/mol. The van der Waals surface area contributed by atoms with E-state index in [4.69, 9.17) is 4.74 Å². The Morgan fingerprint density at radius 2 is 1.81 bits per heavy atom. The fourth-order valence-electron chi connectivity index (χ4n) is 3.52. The number of aromatic nitrogens is 6. The molecule has 0 radical (unpaired) electrons. The van der Waals surface area contributed by atoms with Gasteiger partial charge in [-0.2, -0.15) is 9.61 Å². The van der Waals surface area contributed by atoms with E-state index in [1.807, 2.05) is 30.3 Å². The van der Waals surface area contributed by atoms with Crippen molar-refractivity contribution in [3.63, 3.8) is 0 Å². The van der Waals surface area contributed by atoms with Crippen LogP contribution in [0.25, 0.3) is 17.0 Å². The van der Waals surface area contributed by atoms with Crippen LogP contribution in [-0.2, 0) is 6.54 Å². The zero-order valence-corrected chi connectivity index (χ0v) is 18.9. The monoisotopic (exact) mass is 485 g/mol. The first-order valence-electron chi connectivity index (χ1n) is 11.1. The van der Waals surface area contributed by atoms with Gasteiger partial charge in [-0.1, -0.05) is 42.5 Å². The molecule has 180 valence electrons. The number of nitrogens with one attached hydrogen (secondary N) is 1. The Morgan fingerprint density at radius 1 is 0.944 bits per heavy atom. The van der Waals surface area contributed by atoms with Crippen molar-refractivity contribution in [2.45, 2.75) is 6.54 Å². The number of rotatable bonds is 8. The molecule has 0 spiro atoms. The fourth-order valence-corrected chi connectivity index (χ4v) is 3.52. The number of hydrogen-bond donors (Lipinski definition) is 1. The number of amides is 1. The lowest BCUT2D eigenvalue weighted by Gasteiger charge is -2.09. The largest absolute Gasteiger partial charge is 0.475 e. The van der Waals surface area contributed by atoms with E-state index >= 15 is 0 Å². The normalized spacial score (nSPS) is 10.9. The minimum absolute atomic E-state index is 0.0447. The maximum Gasteiger partial charge on any atom is 0.271 e. The van der Waals surface area contributed by atoms with Crippen LogP contribution < -0.4 is 15.6 Å². The molecule has 5 aromatic rings. The van der Waals surface area contributed by atoms with Crippen molar-refractivity contribution in [1.29, 1.82) is 0 Å². The summed E-state index contributed by atoms with van der Waals surface area (Å²) in [5.74, 6) is 0.0446. The number of nitrogens with zero attached hydrogens (tertiary/aromatic N) is 6. The van der Waals surface area contributed by atoms with E-state index in [9.17, 15) is 14.0 Å². The molecule has 0 atom stereocenters. The molecule has 0 aliphatic heterocycles. The van der Waals surface area contributed by atoms with Gasteiger partial charge in [-0.15, -0.1) is 15.3 Å². The van der Waals surface area contributed by atoms with Crippen LogP contribution in [0.2, 0.25) is 0 Å². The van der Waals surface area contributed by atoms with Gasteiger partial charge in [-0.3, -0.25) is 9.59 Å². The van der Waals surface area contributed by atoms with E-state index in [0.29, 0.717) is 22.9 Å². The Bertz CT molecular complexity index is 1580. The second-order valence-corrected chi connectivity index (χ2v) is 7.78. The van der Waals surface area contributed by atoms with E-state index in [0.717, 1.165) is 10.2 Å². The maximum atomic E-state index is 13.4. The molecule has 0 saturated heterocycles. The lowest BCUT2D eigenvalue weighted by atomic mass is 10.2. The van der Waals surface area contributed by atoms with Gasteiger partial charge in [0.2, 0.25) is 5.88 Å². The van der Waals surface area contributed by atoms with E-state index in [1.54, 1.807) is 28.8 Å². The molecule has 3 aromatic heterocycles. The summed E-state index contributed by atoms with van der Waals surface area (Å²) in [6.07, 6.45) is 0. The van der Waals surface area contributed by atoms with Gasteiger partial charge in [-0.05, 0) is 29.8 Å². The van der Waals surface area contributed by atoms with Gasteiger partial charge in [0.15, 0.2) is 11.5 Å². The molecule has 0 unspecified atom stereocenters. The number of fused-ring (bicyclic) bond motifs is 1. The van der Waals surface area contributed by atoms with Crippen molar-refractivity contribution in [2.75, 3.05) is 13.2 Å². The standard InChI is InChI=1S/C25H20FN7O3/c26-19-8-4-5-17(15-19)16-32-23(34)12-9-20(30-32)25(35)27-13-14-36-22-11-10-21-28-29-24(33(21)31-22)18-6-2-1-3-7-18/h1-12,15H,13-14,16H2,(H,27,35). The first-order valence-corrected chi connectivity index (χ1v) is 11.1. The molecule has 2 aromatic carbocycles. The van der Waals surface area contributed by atoms with Crippen molar-refractivity contribution in [2.24, 2.45) is 0 Å². The minimum Gasteiger partial charge on any atom is -0.475 e. The molecule has 5 rings (SSSR count). The van der Waals surface area contributed by atoms with Crippen LogP contribution in [-0.4, -0.2) is 48.7 Å². The number of halogens is 1. The summed E-state index contributed by atoms with van der Waals surface area (Å²) in [6, 6.07) is 21.4. The molecule has 11 heteroatoms. The van der Waals surface area contributed by atoms with Crippen molar-refractivity contribution < 1.29 is 13.9 Å². The van der Waals surface area contributed by atoms with Crippen LogP contribution in [0.3, 0.4) is 0 Å². The average Bonchev–Trinajstić information content (AvgIpc) is 3.32. The van der Waals surface area contributed by atoms with Gasteiger partial charge in [-0.25, -0.2) is 9.07 Å². The first-order chi connectivity index (χ1) is 17.6. The summed E-state index contributed by atoms with van der Waals surface area (Å²) in [5, 5.41) is 19.5. The summed E-state index contributed by atoms with van der Waals surface area (Å²) >= 11 is 0. The Kier molecular flexibility index (Phi) is 6.43. The van der Waals surface area contributed by atoms with Gasteiger partial charge in [0.1, 0.15) is 18.1 Å². The van der Waals surface area contributed by atoms with Gasteiger partial charge < -0.3 is 10.1 Å². The second-order valence-electron chi connectivity index (χ2n) is 7.78. The third-order valence-electron chi connectivity index (χ3n) is 5.23. The molecule has 1 amide bonds. The number of ether oxygens (including phenoxy) is 1. The Labute approximate surface area is 204 Å². The summed E-state index contributed by atoms with van der Waals surface area (Å²) in [6.45, 7) is 0.371. The number of hydrogen-bond acceptors (Lipinski definition) is 7. The van der Waals surface area contributed by atoms with Gasteiger partial charge in [0, 0.05) is 17.7 Å². The first kappa shape index (κ1) is 22.8. The molecule has 0 aliphatic carbocycles.